The fraction of sp³-hybridized carbons (Fsp3) is 0.0714. The van der Waals surface area contributed by atoms with Gasteiger partial charge < -0.3 is 14.9 Å². The highest BCUT2D eigenvalue weighted by atomic mass is 16.6. The Hall–Kier alpha value is -3.09. The van der Waals surface area contributed by atoms with Crippen molar-refractivity contribution in [3.63, 3.8) is 0 Å². The van der Waals surface area contributed by atoms with Crippen molar-refractivity contribution in [3.05, 3.63) is 46.0 Å². The highest BCUT2D eigenvalue weighted by molar-refractivity contribution is 5.93. The molecule has 2 rings (SSSR count). The molecule has 2 aromatic carbocycles. The number of non-ortho nitro benzene ring substituents is 1. The summed E-state index contributed by atoms with van der Waals surface area (Å²) in [7, 11) is 1.30. The zero-order chi connectivity index (χ0) is 15.6. The van der Waals surface area contributed by atoms with E-state index in [0.717, 1.165) is 0 Å². The van der Waals surface area contributed by atoms with Crippen molar-refractivity contribution in [1.29, 1.82) is 0 Å². The van der Waals surface area contributed by atoms with Crippen LogP contribution < -0.4 is 4.74 Å². The van der Waals surface area contributed by atoms with Gasteiger partial charge in [-0.2, -0.15) is 0 Å². The second kappa shape index (κ2) is 5.49. The number of hydrogen-bond donors (Lipinski definition) is 2. The Kier molecular flexibility index (Phi) is 3.75. The Labute approximate surface area is 119 Å². The fourth-order valence-corrected chi connectivity index (χ4v) is 1.93. The molecule has 0 radical (unpaired) electrons. The summed E-state index contributed by atoms with van der Waals surface area (Å²) in [5.74, 6) is -1.14. The number of methoxy groups -OCH3 is 1. The molecule has 0 saturated carbocycles. The van der Waals surface area contributed by atoms with E-state index in [-0.39, 0.29) is 17.0 Å². The van der Waals surface area contributed by atoms with E-state index in [2.05, 4.69) is 0 Å². The van der Waals surface area contributed by atoms with Gasteiger partial charge in [-0.25, -0.2) is 0 Å². The molecule has 108 valence electrons. The largest absolute Gasteiger partial charge is 0.504 e. The minimum absolute atomic E-state index is 0.00791. The van der Waals surface area contributed by atoms with Crippen LogP contribution in [0.25, 0.3) is 11.1 Å². The van der Waals surface area contributed by atoms with Crippen LogP contribution >= 0.6 is 0 Å². The Morgan fingerprint density at radius 3 is 2.29 bits per heavy atom. The maximum Gasteiger partial charge on any atom is 0.269 e. The first-order chi connectivity index (χ1) is 9.99. The lowest BCUT2D eigenvalue weighted by Crippen LogP contribution is -1.94. The van der Waals surface area contributed by atoms with Crippen LogP contribution in [-0.4, -0.2) is 28.5 Å². The van der Waals surface area contributed by atoms with Gasteiger partial charge in [0.05, 0.1) is 17.6 Å². The third-order valence-corrected chi connectivity index (χ3v) is 3.01. The molecule has 0 spiro atoms. The highest BCUT2D eigenvalue weighted by Gasteiger charge is 2.19. The number of hydrogen-bond acceptors (Lipinski definition) is 6. The molecule has 21 heavy (non-hydrogen) atoms. The summed E-state index contributed by atoms with van der Waals surface area (Å²) in [6, 6.07) is 6.81. The molecule has 0 aliphatic heterocycles. The number of phenols is 2. The number of ether oxygens (including phenoxy) is 1. The Bertz CT molecular complexity index is 708. The third-order valence-electron chi connectivity index (χ3n) is 3.01. The molecule has 2 N–H and O–H groups in total. The molecular formula is C14H11NO6. The summed E-state index contributed by atoms with van der Waals surface area (Å²) in [4.78, 5) is 21.2. The minimum Gasteiger partial charge on any atom is -0.504 e. The Morgan fingerprint density at radius 2 is 1.81 bits per heavy atom. The summed E-state index contributed by atoms with van der Waals surface area (Å²) in [6.45, 7) is 0. The van der Waals surface area contributed by atoms with Crippen LogP contribution in [0.5, 0.6) is 17.2 Å². The van der Waals surface area contributed by atoms with Gasteiger partial charge in [0.1, 0.15) is 0 Å². The maximum absolute atomic E-state index is 11.1. The molecule has 0 atom stereocenters. The van der Waals surface area contributed by atoms with Gasteiger partial charge in [0.2, 0.25) is 5.75 Å². The number of carbonyl (C=O) groups excluding carboxylic acids is 1. The van der Waals surface area contributed by atoms with E-state index in [1.807, 2.05) is 0 Å². The quantitative estimate of drug-likeness (QED) is 0.387. The molecule has 0 fully saturated rings. The van der Waals surface area contributed by atoms with Gasteiger partial charge in [0, 0.05) is 12.1 Å². The van der Waals surface area contributed by atoms with Crippen molar-refractivity contribution < 1.29 is 24.7 Å². The van der Waals surface area contributed by atoms with Crippen molar-refractivity contribution in [2.75, 3.05) is 7.11 Å². The van der Waals surface area contributed by atoms with Gasteiger partial charge >= 0.3 is 0 Å². The molecule has 2 aromatic rings. The first-order valence-corrected chi connectivity index (χ1v) is 5.82. The van der Waals surface area contributed by atoms with Crippen LogP contribution in [-0.2, 0) is 0 Å². The van der Waals surface area contributed by atoms with Crippen molar-refractivity contribution in [1.82, 2.24) is 0 Å². The number of carbonyl (C=O) groups is 1. The number of nitro benzene ring substituents is 1. The molecule has 0 heterocycles. The van der Waals surface area contributed by atoms with Crippen LogP contribution in [0.3, 0.4) is 0 Å². The summed E-state index contributed by atoms with van der Waals surface area (Å²) < 4.78 is 4.92. The molecule has 0 aliphatic rings. The first-order valence-electron chi connectivity index (χ1n) is 5.82. The molecule has 0 aliphatic carbocycles. The highest BCUT2D eigenvalue weighted by Crippen LogP contribution is 2.43. The van der Waals surface area contributed by atoms with Crippen LogP contribution in [0, 0.1) is 10.1 Å². The summed E-state index contributed by atoms with van der Waals surface area (Å²) in [6.07, 6.45) is 0.394. The van der Waals surface area contributed by atoms with E-state index < -0.39 is 16.4 Å². The van der Waals surface area contributed by atoms with Gasteiger partial charge in [-0.3, -0.25) is 14.9 Å². The molecule has 0 bridgehead atoms. The van der Waals surface area contributed by atoms with Gasteiger partial charge in [0.15, 0.2) is 17.8 Å². The smallest absolute Gasteiger partial charge is 0.269 e. The summed E-state index contributed by atoms with van der Waals surface area (Å²) in [5.41, 5.74) is 0.548. The number of nitro groups is 1. The van der Waals surface area contributed by atoms with E-state index in [0.29, 0.717) is 17.4 Å². The molecular weight excluding hydrogens is 278 g/mol. The molecule has 0 unspecified atom stereocenters. The molecule has 0 saturated heterocycles. The molecule has 0 aromatic heterocycles. The number of rotatable bonds is 4. The van der Waals surface area contributed by atoms with Gasteiger partial charge in [-0.15, -0.1) is 0 Å². The number of benzene rings is 2. The van der Waals surface area contributed by atoms with Gasteiger partial charge in [0.25, 0.3) is 5.69 Å². The van der Waals surface area contributed by atoms with Crippen molar-refractivity contribution in [2.45, 2.75) is 0 Å². The average molecular weight is 289 g/mol. The van der Waals surface area contributed by atoms with E-state index in [9.17, 15) is 25.1 Å². The number of aldehydes is 1. The van der Waals surface area contributed by atoms with Crippen LogP contribution in [0.4, 0.5) is 5.69 Å². The predicted octanol–water partition coefficient (Wildman–Crippen LogP) is 2.49. The van der Waals surface area contributed by atoms with Crippen molar-refractivity contribution in [3.8, 4) is 28.4 Å². The van der Waals surface area contributed by atoms with E-state index in [4.69, 9.17) is 4.74 Å². The SMILES string of the molecule is COc1cc(-c2ccc([N+](=O)[O-])cc2)c(C=O)c(O)c1O. The normalized spacial score (nSPS) is 10.1. The fourth-order valence-electron chi connectivity index (χ4n) is 1.93. The number of nitrogens with zero attached hydrogens (tertiary/aromatic N) is 1. The Morgan fingerprint density at radius 1 is 1.19 bits per heavy atom. The molecule has 0 amide bonds. The zero-order valence-electron chi connectivity index (χ0n) is 10.9. The van der Waals surface area contributed by atoms with Gasteiger partial charge in [-0.05, 0) is 29.3 Å². The maximum atomic E-state index is 11.1. The van der Waals surface area contributed by atoms with E-state index >= 15 is 0 Å². The van der Waals surface area contributed by atoms with Crippen molar-refractivity contribution in [2.24, 2.45) is 0 Å². The molecule has 7 nitrogen and oxygen atoms in total. The minimum atomic E-state index is -0.599. The van der Waals surface area contributed by atoms with Crippen LogP contribution in [0.2, 0.25) is 0 Å². The predicted molar refractivity (Wildman–Crippen MR) is 73.8 cm³/mol. The van der Waals surface area contributed by atoms with Crippen LogP contribution in [0.15, 0.2) is 30.3 Å². The van der Waals surface area contributed by atoms with Gasteiger partial charge in [-0.1, -0.05) is 0 Å². The van der Waals surface area contributed by atoms with E-state index in [1.165, 1.54) is 37.4 Å². The number of phenolic OH excluding ortho intramolecular Hbond substituents is 2. The first kappa shape index (κ1) is 14.3. The lowest BCUT2D eigenvalue weighted by Gasteiger charge is -2.12. The van der Waals surface area contributed by atoms with Crippen LogP contribution in [0.1, 0.15) is 10.4 Å². The average Bonchev–Trinajstić information content (AvgIpc) is 2.49. The second-order valence-corrected chi connectivity index (χ2v) is 4.16. The Balaban J connectivity index is 2.64. The van der Waals surface area contributed by atoms with Crippen molar-refractivity contribution >= 4 is 12.0 Å². The third kappa shape index (κ3) is 2.48. The monoisotopic (exact) mass is 289 g/mol. The van der Waals surface area contributed by atoms with E-state index in [1.54, 1.807) is 0 Å². The standard InChI is InChI=1S/C14H11NO6/c1-21-12-6-10(11(7-16)13(17)14(12)18)8-2-4-9(5-3-8)15(19)20/h2-7,17-18H,1H3. The topological polar surface area (TPSA) is 110 Å². The molecule has 7 heteroatoms. The second-order valence-electron chi connectivity index (χ2n) is 4.16. The lowest BCUT2D eigenvalue weighted by molar-refractivity contribution is -0.384. The number of aromatic hydroxyl groups is 2. The summed E-state index contributed by atoms with van der Waals surface area (Å²) >= 11 is 0. The lowest BCUT2D eigenvalue weighted by atomic mass is 9.98. The zero-order valence-corrected chi connectivity index (χ0v) is 10.9. The summed E-state index contributed by atoms with van der Waals surface area (Å²) in [5, 5.41) is 30.1.